The van der Waals surface area contributed by atoms with Crippen molar-refractivity contribution >= 4 is 23.2 Å². The molecular weight excluding hydrogens is 350 g/mol. The van der Waals surface area contributed by atoms with Gasteiger partial charge in [-0.05, 0) is 25.1 Å². The van der Waals surface area contributed by atoms with Gasteiger partial charge in [0.15, 0.2) is 12.1 Å². The van der Waals surface area contributed by atoms with Crippen LogP contribution in [-0.2, 0) is 4.79 Å². The summed E-state index contributed by atoms with van der Waals surface area (Å²) in [6.45, 7) is 2.72. The van der Waals surface area contributed by atoms with Crippen molar-refractivity contribution in [3.63, 3.8) is 0 Å². The number of carbonyl (C=O) groups excluding carboxylic acids is 1. The van der Waals surface area contributed by atoms with Gasteiger partial charge < -0.3 is 20.3 Å². The highest BCUT2D eigenvalue weighted by molar-refractivity contribution is 6.31. The van der Waals surface area contributed by atoms with Crippen LogP contribution in [0.5, 0.6) is 5.75 Å². The highest BCUT2D eigenvalue weighted by atomic mass is 35.5. The zero-order chi connectivity index (χ0) is 19.1. The molecule has 2 rings (SSSR count). The second kappa shape index (κ2) is 9.57. The molecule has 4 N–H and O–H groups in total. The monoisotopic (exact) mass is 377 g/mol. The Bertz CT molecular complexity index is 722. The van der Waals surface area contributed by atoms with Crippen molar-refractivity contribution < 1.29 is 19.7 Å². The van der Waals surface area contributed by atoms with Crippen LogP contribution in [0.3, 0.4) is 0 Å². The third-order valence-corrected chi connectivity index (χ3v) is 4.69. The predicted molar refractivity (Wildman–Crippen MR) is 105 cm³/mol. The second-order valence-corrected chi connectivity index (χ2v) is 7.07. The number of nitrogens with two attached hydrogens (primary N) is 1. The maximum absolute atomic E-state index is 12.6. The summed E-state index contributed by atoms with van der Waals surface area (Å²) < 4.78 is 5.28. The zero-order valence-electron chi connectivity index (χ0n) is 15.8. The van der Waals surface area contributed by atoms with Gasteiger partial charge in [0, 0.05) is 10.6 Å². The predicted octanol–water partition coefficient (Wildman–Crippen LogP) is 1.12. The molecule has 0 saturated carbocycles. The first-order valence-corrected chi connectivity index (χ1v) is 9.13. The first-order valence-electron chi connectivity index (χ1n) is 8.75. The number of likely N-dealkylation sites (N-methyl/N-ethyl adjacent to an activating group) is 1. The smallest absolute Gasteiger partial charge is 0.282 e. The van der Waals surface area contributed by atoms with Crippen molar-refractivity contribution in [1.29, 1.82) is 0 Å². The lowest BCUT2D eigenvalue weighted by atomic mass is 10.1. The number of carbonyl (C=O) groups is 1. The number of quaternary nitrogens is 2. The maximum atomic E-state index is 12.6. The van der Waals surface area contributed by atoms with Crippen LogP contribution in [0.4, 0.5) is 5.69 Å². The van der Waals surface area contributed by atoms with Gasteiger partial charge in [0.1, 0.15) is 12.3 Å². The fourth-order valence-electron chi connectivity index (χ4n) is 2.86. The van der Waals surface area contributed by atoms with E-state index in [0.717, 1.165) is 6.54 Å². The van der Waals surface area contributed by atoms with E-state index < -0.39 is 0 Å². The Morgan fingerprint density at radius 3 is 2.54 bits per heavy atom. The Hall–Kier alpha value is -2.08. The Labute approximate surface area is 160 Å². The first kappa shape index (κ1) is 20.2. The number of benzene rings is 2. The summed E-state index contributed by atoms with van der Waals surface area (Å²) in [5, 5.41) is 5.53. The standard InChI is InChI=1S/C20H26ClN3O2/c1-14(20(25)23-17-12-16(21)10-11-19(17)26-4)22-13-18(24(2)3)15-8-6-5-7-9-15/h5-12,14,18,22H,13H2,1-4H3,(H,23,25)/p+2/t14-,18-/m1/s1. The van der Waals surface area contributed by atoms with Crippen LogP contribution in [0, 0.1) is 0 Å². The average Bonchev–Trinajstić information content (AvgIpc) is 2.62. The maximum Gasteiger partial charge on any atom is 0.282 e. The van der Waals surface area contributed by atoms with E-state index >= 15 is 0 Å². The molecule has 2 aromatic rings. The first-order chi connectivity index (χ1) is 12.4. The van der Waals surface area contributed by atoms with Gasteiger partial charge in [-0.2, -0.15) is 0 Å². The third kappa shape index (κ3) is 5.46. The Kier molecular flexibility index (Phi) is 7.45. The minimum Gasteiger partial charge on any atom is -0.495 e. The van der Waals surface area contributed by atoms with Crippen molar-refractivity contribution in [2.75, 3.05) is 33.1 Å². The van der Waals surface area contributed by atoms with E-state index in [9.17, 15) is 4.79 Å². The van der Waals surface area contributed by atoms with Crippen molar-refractivity contribution in [2.24, 2.45) is 0 Å². The number of nitrogens with one attached hydrogen (secondary N) is 2. The van der Waals surface area contributed by atoms with E-state index in [1.165, 1.54) is 10.5 Å². The SMILES string of the molecule is COc1ccc(Cl)cc1NC(=O)[C@@H](C)[NH2+]C[C@H](c1ccccc1)[NH+](C)C. The van der Waals surface area contributed by atoms with Crippen molar-refractivity contribution in [2.45, 2.75) is 19.0 Å². The van der Waals surface area contributed by atoms with Gasteiger partial charge >= 0.3 is 0 Å². The summed E-state index contributed by atoms with van der Waals surface area (Å²) in [7, 11) is 5.83. The van der Waals surface area contributed by atoms with Crippen LogP contribution < -0.4 is 20.3 Å². The molecule has 0 aliphatic carbocycles. The summed E-state index contributed by atoms with van der Waals surface area (Å²) in [5.41, 5.74) is 1.86. The molecular formula is C20H28ClN3O2+2. The van der Waals surface area contributed by atoms with E-state index in [1.807, 2.05) is 25.1 Å². The zero-order valence-corrected chi connectivity index (χ0v) is 16.5. The number of anilines is 1. The van der Waals surface area contributed by atoms with Crippen molar-refractivity contribution in [3.05, 3.63) is 59.1 Å². The number of hydrogen-bond donors (Lipinski definition) is 3. The highest BCUT2D eigenvalue weighted by Gasteiger charge is 2.24. The summed E-state index contributed by atoms with van der Waals surface area (Å²) in [5.74, 6) is 0.515. The van der Waals surface area contributed by atoms with Gasteiger partial charge in [0.2, 0.25) is 0 Å². The number of methoxy groups -OCH3 is 1. The number of halogens is 1. The van der Waals surface area contributed by atoms with Gasteiger partial charge in [-0.25, -0.2) is 0 Å². The van der Waals surface area contributed by atoms with Crippen LogP contribution in [0.1, 0.15) is 18.5 Å². The molecule has 0 unspecified atom stereocenters. The van der Waals surface area contributed by atoms with Gasteiger partial charge in [-0.3, -0.25) is 4.79 Å². The average molecular weight is 378 g/mol. The number of rotatable bonds is 8. The van der Waals surface area contributed by atoms with Gasteiger partial charge in [0.05, 0.1) is 26.9 Å². The fourth-order valence-corrected chi connectivity index (χ4v) is 3.03. The summed E-state index contributed by atoms with van der Waals surface area (Å²) in [6, 6.07) is 15.6. The Morgan fingerprint density at radius 2 is 1.92 bits per heavy atom. The molecule has 0 heterocycles. The van der Waals surface area contributed by atoms with E-state index in [4.69, 9.17) is 16.3 Å². The third-order valence-electron chi connectivity index (χ3n) is 4.46. The summed E-state index contributed by atoms with van der Waals surface area (Å²) in [4.78, 5) is 13.9. The van der Waals surface area contributed by atoms with Gasteiger partial charge in [-0.15, -0.1) is 0 Å². The quantitative estimate of drug-likeness (QED) is 0.645. The van der Waals surface area contributed by atoms with E-state index in [2.05, 4.69) is 36.9 Å². The molecule has 2 aromatic carbocycles. The lowest BCUT2D eigenvalue weighted by Crippen LogP contribution is -3.10. The number of ether oxygens (including phenoxy) is 1. The van der Waals surface area contributed by atoms with E-state index in [0.29, 0.717) is 22.5 Å². The topological polar surface area (TPSA) is 59.4 Å². The van der Waals surface area contributed by atoms with Crippen LogP contribution in [0.25, 0.3) is 0 Å². The number of amides is 1. The van der Waals surface area contributed by atoms with Crippen LogP contribution in [0.15, 0.2) is 48.5 Å². The lowest BCUT2D eigenvalue weighted by molar-refractivity contribution is -0.910. The molecule has 0 aliphatic heterocycles. The Balaban J connectivity index is 1.99. The van der Waals surface area contributed by atoms with Crippen LogP contribution in [-0.4, -0.2) is 39.7 Å². The fraction of sp³-hybridized carbons (Fsp3) is 0.350. The molecule has 0 bridgehead atoms. The molecule has 0 spiro atoms. The van der Waals surface area contributed by atoms with Crippen molar-refractivity contribution in [3.8, 4) is 5.75 Å². The van der Waals surface area contributed by atoms with Crippen molar-refractivity contribution in [1.82, 2.24) is 0 Å². The summed E-state index contributed by atoms with van der Waals surface area (Å²) in [6.07, 6.45) is 0. The normalized spacial score (nSPS) is 13.3. The van der Waals surface area contributed by atoms with E-state index in [1.54, 1.807) is 25.3 Å². The molecule has 26 heavy (non-hydrogen) atoms. The molecule has 6 heteroatoms. The molecule has 5 nitrogen and oxygen atoms in total. The minimum atomic E-state index is -0.232. The molecule has 0 radical (unpaired) electrons. The molecule has 0 aliphatic rings. The van der Waals surface area contributed by atoms with E-state index in [-0.39, 0.29) is 11.9 Å². The highest BCUT2D eigenvalue weighted by Crippen LogP contribution is 2.27. The van der Waals surface area contributed by atoms with Gasteiger partial charge in [-0.1, -0.05) is 41.9 Å². The molecule has 1 amide bonds. The Morgan fingerprint density at radius 1 is 1.23 bits per heavy atom. The van der Waals surface area contributed by atoms with Gasteiger partial charge in [0.25, 0.3) is 5.91 Å². The molecule has 0 saturated heterocycles. The minimum absolute atomic E-state index is 0.0777. The van der Waals surface area contributed by atoms with Crippen LogP contribution in [0.2, 0.25) is 5.02 Å². The number of hydrogen-bond acceptors (Lipinski definition) is 2. The summed E-state index contributed by atoms with van der Waals surface area (Å²) >= 11 is 6.02. The lowest BCUT2D eigenvalue weighted by Gasteiger charge is -2.22. The molecule has 140 valence electrons. The molecule has 0 aromatic heterocycles. The van der Waals surface area contributed by atoms with Crippen LogP contribution >= 0.6 is 11.6 Å². The largest absolute Gasteiger partial charge is 0.495 e. The molecule has 0 fully saturated rings. The second-order valence-electron chi connectivity index (χ2n) is 6.63. The molecule has 2 atom stereocenters.